The molecule has 1 aromatic carbocycles. The first-order valence-corrected chi connectivity index (χ1v) is 9.06. The zero-order chi connectivity index (χ0) is 19.7. The molecule has 0 unspecified atom stereocenters. The van der Waals surface area contributed by atoms with E-state index in [0.717, 1.165) is 5.56 Å². The fourth-order valence-corrected chi connectivity index (χ4v) is 3.26. The van der Waals surface area contributed by atoms with Crippen LogP contribution in [0.4, 0.5) is 10.2 Å². The molecule has 3 aromatic rings. The first-order valence-electron chi connectivity index (χ1n) is 9.06. The lowest BCUT2D eigenvalue weighted by Crippen LogP contribution is -2.49. The molecule has 2 aromatic heterocycles. The molecule has 7 nitrogen and oxygen atoms in total. The summed E-state index contributed by atoms with van der Waals surface area (Å²) < 4.78 is 14.4. The summed E-state index contributed by atoms with van der Waals surface area (Å²) in [6.07, 6.45) is 1.19. The van der Waals surface area contributed by atoms with Gasteiger partial charge in [0.15, 0.2) is 0 Å². The molecule has 3 heterocycles. The van der Waals surface area contributed by atoms with Gasteiger partial charge in [0, 0.05) is 32.2 Å². The summed E-state index contributed by atoms with van der Waals surface area (Å²) in [4.78, 5) is 32.9. The molecule has 1 fully saturated rings. The molecule has 0 spiro atoms. The SMILES string of the molecule is Cc1ccc(-n2[nH]c(C(=O)N3CCN(c4ccc(F)cn4)CC3)cc2=O)cc1. The quantitative estimate of drug-likeness (QED) is 0.753. The van der Waals surface area contributed by atoms with Crippen molar-refractivity contribution in [3.63, 3.8) is 0 Å². The third kappa shape index (κ3) is 3.53. The standard InChI is InChI=1S/C20H20FN5O2/c1-14-2-5-16(6-3-14)26-19(27)12-17(23-26)20(28)25-10-8-24(9-11-25)18-7-4-15(21)13-22-18/h2-7,12-13,23H,8-11H2,1H3. The number of pyridine rings is 1. The summed E-state index contributed by atoms with van der Waals surface area (Å²) in [7, 11) is 0. The van der Waals surface area contributed by atoms with Crippen LogP contribution in [0.5, 0.6) is 0 Å². The van der Waals surface area contributed by atoms with E-state index in [4.69, 9.17) is 0 Å². The van der Waals surface area contributed by atoms with Crippen LogP contribution < -0.4 is 10.5 Å². The van der Waals surface area contributed by atoms with Gasteiger partial charge in [-0.2, -0.15) is 0 Å². The lowest BCUT2D eigenvalue weighted by Gasteiger charge is -2.35. The number of benzene rings is 1. The van der Waals surface area contributed by atoms with Crippen molar-refractivity contribution >= 4 is 11.7 Å². The van der Waals surface area contributed by atoms with Gasteiger partial charge in [0.25, 0.3) is 11.5 Å². The van der Waals surface area contributed by atoms with Gasteiger partial charge in [-0.1, -0.05) is 17.7 Å². The maximum absolute atomic E-state index is 13.0. The lowest BCUT2D eigenvalue weighted by atomic mass is 10.2. The van der Waals surface area contributed by atoms with E-state index in [1.807, 2.05) is 36.1 Å². The van der Waals surface area contributed by atoms with Crippen molar-refractivity contribution in [3.05, 3.63) is 76.1 Å². The van der Waals surface area contributed by atoms with Gasteiger partial charge in [0.2, 0.25) is 0 Å². The molecule has 1 saturated heterocycles. The van der Waals surface area contributed by atoms with E-state index >= 15 is 0 Å². The molecule has 0 radical (unpaired) electrons. The molecule has 0 atom stereocenters. The first-order chi connectivity index (χ1) is 13.5. The van der Waals surface area contributed by atoms with Crippen molar-refractivity contribution in [2.45, 2.75) is 6.92 Å². The number of nitrogens with zero attached hydrogens (tertiary/aromatic N) is 4. The molecule has 1 amide bonds. The minimum Gasteiger partial charge on any atom is -0.353 e. The van der Waals surface area contributed by atoms with E-state index in [1.54, 1.807) is 11.0 Å². The van der Waals surface area contributed by atoms with Gasteiger partial charge >= 0.3 is 0 Å². The fourth-order valence-electron chi connectivity index (χ4n) is 3.26. The molecule has 0 saturated carbocycles. The van der Waals surface area contributed by atoms with Crippen LogP contribution in [0.2, 0.25) is 0 Å². The van der Waals surface area contributed by atoms with Crippen LogP contribution >= 0.6 is 0 Å². The van der Waals surface area contributed by atoms with Crippen molar-refractivity contribution in [1.82, 2.24) is 19.7 Å². The number of carbonyl (C=O) groups excluding carboxylic acids is 1. The zero-order valence-corrected chi connectivity index (χ0v) is 15.4. The summed E-state index contributed by atoms with van der Waals surface area (Å²) >= 11 is 0. The van der Waals surface area contributed by atoms with Crippen molar-refractivity contribution in [2.75, 3.05) is 31.1 Å². The number of amides is 1. The predicted molar refractivity (Wildman–Crippen MR) is 103 cm³/mol. The molecule has 28 heavy (non-hydrogen) atoms. The van der Waals surface area contributed by atoms with Gasteiger partial charge in [-0.05, 0) is 31.2 Å². The fraction of sp³-hybridized carbons (Fsp3) is 0.250. The Bertz CT molecular complexity index is 1030. The predicted octanol–water partition coefficient (Wildman–Crippen LogP) is 1.97. The van der Waals surface area contributed by atoms with Crippen molar-refractivity contribution in [3.8, 4) is 5.69 Å². The highest BCUT2D eigenvalue weighted by Gasteiger charge is 2.24. The number of halogens is 1. The highest BCUT2D eigenvalue weighted by atomic mass is 19.1. The van der Waals surface area contributed by atoms with Crippen LogP contribution in [-0.2, 0) is 0 Å². The topological polar surface area (TPSA) is 74.2 Å². The molecule has 0 bridgehead atoms. The highest BCUT2D eigenvalue weighted by Crippen LogP contribution is 2.15. The molecule has 144 valence electrons. The molecule has 1 aliphatic rings. The number of rotatable bonds is 3. The van der Waals surface area contributed by atoms with E-state index < -0.39 is 0 Å². The van der Waals surface area contributed by atoms with Crippen LogP contribution in [0.1, 0.15) is 16.1 Å². The van der Waals surface area contributed by atoms with E-state index in [9.17, 15) is 14.0 Å². The maximum atomic E-state index is 13.0. The van der Waals surface area contributed by atoms with Crippen LogP contribution in [0, 0.1) is 12.7 Å². The summed E-state index contributed by atoms with van der Waals surface area (Å²) in [5, 5.41) is 2.91. The zero-order valence-electron chi connectivity index (χ0n) is 15.4. The van der Waals surface area contributed by atoms with Gasteiger partial charge in [-0.25, -0.2) is 14.1 Å². The van der Waals surface area contributed by atoms with E-state index in [-0.39, 0.29) is 23.0 Å². The normalized spacial score (nSPS) is 14.4. The molecule has 1 N–H and O–H groups in total. The monoisotopic (exact) mass is 381 g/mol. The molecule has 8 heteroatoms. The number of hydrogen-bond donors (Lipinski definition) is 1. The van der Waals surface area contributed by atoms with Crippen LogP contribution in [-0.4, -0.2) is 51.8 Å². The second-order valence-corrected chi connectivity index (χ2v) is 6.79. The Kier molecular flexibility index (Phi) is 4.68. The Morgan fingerprint density at radius 3 is 2.43 bits per heavy atom. The Morgan fingerprint density at radius 1 is 1.07 bits per heavy atom. The third-order valence-electron chi connectivity index (χ3n) is 4.85. The maximum Gasteiger partial charge on any atom is 0.272 e. The minimum absolute atomic E-state index is 0.213. The number of carbonyl (C=O) groups is 1. The van der Waals surface area contributed by atoms with E-state index in [1.165, 1.54) is 23.0 Å². The van der Waals surface area contributed by atoms with E-state index in [0.29, 0.717) is 37.7 Å². The number of aromatic nitrogens is 3. The lowest BCUT2D eigenvalue weighted by molar-refractivity contribution is 0.0740. The summed E-state index contributed by atoms with van der Waals surface area (Å²) in [5.74, 6) is 0.0988. The number of piperazine rings is 1. The van der Waals surface area contributed by atoms with Crippen LogP contribution in [0.15, 0.2) is 53.5 Å². The number of anilines is 1. The van der Waals surface area contributed by atoms with Crippen molar-refractivity contribution in [1.29, 1.82) is 0 Å². The summed E-state index contributed by atoms with van der Waals surface area (Å²) in [6.45, 7) is 4.14. The second kappa shape index (κ2) is 7.30. The average molecular weight is 381 g/mol. The van der Waals surface area contributed by atoms with Crippen molar-refractivity contribution < 1.29 is 9.18 Å². The van der Waals surface area contributed by atoms with Crippen LogP contribution in [0.3, 0.4) is 0 Å². The first kappa shape index (κ1) is 18.0. The smallest absolute Gasteiger partial charge is 0.272 e. The van der Waals surface area contributed by atoms with Crippen LogP contribution in [0.25, 0.3) is 5.69 Å². The van der Waals surface area contributed by atoms with E-state index in [2.05, 4.69) is 10.1 Å². The molecular formula is C20H20FN5O2. The molecule has 1 aliphatic heterocycles. The third-order valence-corrected chi connectivity index (χ3v) is 4.85. The van der Waals surface area contributed by atoms with Gasteiger partial charge in [-0.15, -0.1) is 0 Å². The highest BCUT2D eigenvalue weighted by molar-refractivity contribution is 5.92. The van der Waals surface area contributed by atoms with Gasteiger partial charge < -0.3 is 9.80 Å². The number of nitrogens with one attached hydrogen (secondary N) is 1. The van der Waals surface area contributed by atoms with Crippen molar-refractivity contribution in [2.24, 2.45) is 0 Å². The largest absolute Gasteiger partial charge is 0.353 e. The molecule has 4 rings (SSSR count). The minimum atomic E-state index is -0.375. The molecular weight excluding hydrogens is 361 g/mol. The Morgan fingerprint density at radius 2 is 1.79 bits per heavy atom. The Hall–Kier alpha value is -3.42. The van der Waals surface area contributed by atoms with Gasteiger partial charge in [-0.3, -0.25) is 14.7 Å². The number of H-pyrrole nitrogens is 1. The summed E-state index contributed by atoms with van der Waals surface area (Å²) in [5.41, 5.74) is 1.76. The number of aromatic amines is 1. The Balaban J connectivity index is 1.46. The second-order valence-electron chi connectivity index (χ2n) is 6.79. The number of hydrogen-bond acceptors (Lipinski definition) is 4. The van der Waals surface area contributed by atoms with Gasteiger partial charge in [0.05, 0.1) is 11.9 Å². The van der Waals surface area contributed by atoms with Gasteiger partial charge in [0.1, 0.15) is 17.3 Å². The average Bonchev–Trinajstić information content (AvgIpc) is 3.10. The Labute approximate surface area is 161 Å². The molecule has 0 aliphatic carbocycles. The number of aryl methyl sites for hydroxylation is 1. The summed E-state index contributed by atoms with van der Waals surface area (Å²) in [6, 6.07) is 11.8.